The second-order valence-electron chi connectivity index (χ2n) is 8.26. The Kier molecular flexibility index (Phi) is 7.65. The van der Waals surface area contributed by atoms with Crippen molar-refractivity contribution in [2.75, 3.05) is 6.61 Å². The highest BCUT2D eigenvalue weighted by molar-refractivity contribution is 6.34. The van der Waals surface area contributed by atoms with E-state index in [9.17, 15) is 27.9 Å². The quantitative estimate of drug-likeness (QED) is 0.217. The lowest BCUT2D eigenvalue weighted by Crippen LogP contribution is -2.20. The first kappa shape index (κ1) is 26.4. The van der Waals surface area contributed by atoms with Gasteiger partial charge in [0.25, 0.3) is 5.91 Å². The average Bonchev–Trinajstić information content (AvgIpc) is 3.27. The summed E-state index contributed by atoms with van der Waals surface area (Å²) in [6.45, 7) is 1.75. The van der Waals surface area contributed by atoms with Crippen LogP contribution in [0.25, 0.3) is 22.2 Å². The Labute approximate surface area is 215 Å². The topological polar surface area (TPSA) is 81.4 Å². The first-order chi connectivity index (χ1) is 17.7. The number of unbranched alkanes of at least 4 members (excludes halogenated alkanes) is 1. The maximum atomic E-state index is 13.7. The molecule has 0 fully saturated rings. The number of carbonyl (C=O) groups is 2. The molecule has 0 amide bonds. The Bertz CT molecular complexity index is 1480. The third-order valence-corrected chi connectivity index (χ3v) is 6.13. The molecule has 192 valence electrons. The molecule has 0 saturated heterocycles. The van der Waals surface area contributed by atoms with Crippen LogP contribution in [0.4, 0.5) is 13.2 Å². The van der Waals surface area contributed by atoms with Gasteiger partial charge in [0.2, 0.25) is 0 Å². The van der Waals surface area contributed by atoms with Gasteiger partial charge in [0.05, 0.1) is 40.4 Å². The highest BCUT2D eigenvalue weighted by Crippen LogP contribution is 2.37. The molecule has 10 heteroatoms. The van der Waals surface area contributed by atoms with Gasteiger partial charge in [0.1, 0.15) is 5.69 Å². The van der Waals surface area contributed by atoms with E-state index in [1.54, 1.807) is 30.3 Å². The number of esters is 1. The van der Waals surface area contributed by atoms with Crippen LogP contribution in [0, 0.1) is 0 Å². The molecule has 0 aliphatic heterocycles. The second kappa shape index (κ2) is 10.7. The zero-order valence-electron chi connectivity index (χ0n) is 19.7. The molecule has 0 saturated carbocycles. The summed E-state index contributed by atoms with van der Waals surface area (Å²) in [6, 6.07) is 14.3. The standard InChI is InChI=1S/C27H22ClF3N2O4/c1-2-3-13-37-26(36)18-12-11-16(14-17(18)15-34)24-19-7-4-5-10-22(19)33(32-24)25(35)23-20(27(29,30)31)8-6-9-21(23)28/h4-12,14,34H,2-3,13,15H2,1H3. The lowest BCUT2D eigenvalue weighted by Gasteiger charge is -2.13. The molecule has 6 nitrogen and oxygen atoms in total. The van der Waals surface area contributed by atoms with Crippen molar-refractivity contribution in [1.82, 2.24) is 9.78 Å². The molecule has 0 spiro atoms. The van der Waals surface area contributed by atoms with Gasteiger partial charge in [0.15, 0.2) is 0 Å². The van der Waals surface area contributed by atoms with E-state index in [-0.39, 0.29) is 34.0 Å². The van der Waals surface area contributed by atoms with Crippen LogP contribution in [0.5, 0.6) is 0 Å². The number of halogens is 4. The van der Waals surface area contributed by atoms with Crippen LogP contribution in [0.15, 0.2) is 60.7 Å². The number of nitrogens with zero attached hydrogens (tertiary/aromatic N) is 2. The molecule has 37 heavy (non-hydrogen) atoms. The summed E-state index contributed by atoms with van der Waals surface area (Å²) in [5.41, 5.74) is -0.402. The van der Waals surface area contributed by atoms with Gasteiger partial charge in [-0.2, -0.15) is 23.0 Å². The zero-order chi connectivity index (χ0) is 26.7. The molecule has 0 aliphatic rings. The van der Waals surface area contributed by atoms with Gasteiger partial charge in [-0.3, -0.25) is 4.79 Å². The monoisotopic (exact) mass is 530 g/mol. The van der Waals surface area contributed by atoms with Crippen LogP contribution in [0.2, 0.25) is 5.02 Å². The number of rotatable bonds is 7. The van der Waals surface area contributed by atoms with Gasteiger partial charge in [-0.15, -0.1) is 0 Å². The molecule has 1 N–H and O–H groups in total. The summed E-state index contributed by atoms with van der Waals surface area (Å²) in [7, 11) is 0. The molecule has 0 atom stereocenters. The first-order valence-electron chi connectivity index (χ1n) is 11.5. The van der Waals surface area contributed by atoms with E-state index in [4.69, 9.17) is 16.3 Å². The summed E-state index contributed by atoms with van der Waals surface area (Å²) in [4.78, 5) is 25.9. The predicted octanol–water partition coefficient (Wildman–Crippen LogP) is 6.51. The summed E-state index contributed by atoms with van der Waals surface area (Å²) < 4.78 is 47.1. The Balaban J connectivity index is 1.82. The highest BCUT2D eigenvalue weighted by Gasteiger charge is 2.37. The fourth-order valence-corrected chi connectivity index (χ4v) is 4.23. The number of aliphatic hydroxyl groups excluding tert-OH is 1. The lowest BCUT2D eigenvalue weighted by atomic mass is 10.0. The first-order valence-corrected chi connectivity index (χ1v) is 11.8. The van der Waals surface area contributed by atoms with Gasteiger partial charge in [-0.25, -0.2) is 4.79 Å². The third-order valence-electron chi connectivity index (χ3n) is 5.81. The lowest BCUT2D eigenvalue weighted by molar-refractivity contribution is -0.137. The van der Waals surface area contributed by atoms with E-state index in [2.05, 4.69) is 5.10 Å². The largest absolute Gasteiger partial charge is 0.462 e. The molecule has 4 aromatic rings. The second-order valence-corrected chi connectivity index (χ2v) is 8.67. The minimum Gasteiger partial charge on any atom is -0.462 e. The number of hydrogen-bond donors (Lipinski definition) is 1. The van der Waals surface area contributed by atoms with Crippen molar-refractivity contribution in [3.8, 4) is 11.3 Å². The van der Waals surface area contributed by atoms with Crippen molar-refractivity contribution in [1.29, 1.82) is 0 Å². The number of aliphatic hydroxyl groups is 1. The number of hydrogen-bond acceptors (Lipinski definition) is 5. The number of ether oxygens (including phenoxy) is 1. The van der Waals surface area contributed by atoms with Gasteiger partial charge >= 0.3 is 12.1 Å². The molecular formula is C27H22ClF3N2O4. The Morgan fingerprint density at radius 2 is 1.84 bits per heavy atom. The van der Waals surface area contributed by atoms with Gasteiger partial charge in [-0.1, -0.05) is 55.3 Å². The molecule has 0 radical (unpaired) electrons. The molecule has 4 rings (SSSR count). The fourth-order valence-electron chi connectivity index (χ4n) is 3.98. The zero-order valence-corrected chi connectivity index (χ0v) is 20.4. The fraction of sp³-hybridized carbons (Fsp3) is 0.222. The van der Waals surface area contributed by atoms with Crippen LogP contribution < -0.4 is 0 Å². The smallest absolute Gasteiger partial charge is 0.417 e. The minimum atomic E-state index is -4.81. The van der Waals surface area contributed by atoms with Crippen molar-refractivity contribution in [2.45, 2.75) is 32.5 Å². The summed E-state index contributed by atoms with van der Waals surface area (Å²) in [6.07, 6.45) is -3.25. The maximum absolute atomic E-state index is 13.7. The average molecular weight is 531 g/mol. The van der Waals surface area contributed by atoms with E-state index in [0.29, 0.717) is 17.4 Å². The molecule has 3 aromatic carbocycles. The van der Waals surface area contributed by atoms with E-state index in [1.165, 1.54) is 18.2 Å². The maximum Gasteiger partial charge on any atom is 0.417 e. The molecule has 0 unspecified atom stereocenters. The molecule has 0 bridgehead atoms. The van der Waals surface area contributed by atoms with E-state index in [1.807, 2.05) is 6.92 Å². The Morgan fingerprint density at radius 1 is 1.08 bits per heavy atom. The molecule has 1 heterocycles. The van der Waals surface area contributed by atoms with Crippen molar-refractivity contribution in [3.05, 3.63) is 87.9 Å². The summed E-state index contributed by atoms with van der Waals surface area (Å²) in [5.74, 6) is -1.62. The number of benzene rings is 3. The molecule has 0 aliphatic carbocycles. The van der Waals surface area contributed by atoms with Gasteiger partial charge in [-0.05, 0) is 42.3 Å². The SMILES string of the molecule is CCCCOC(=O)c1ccc(-c2nn(C(=O)c3c(Cl)cccc3C(F)(F)F)c3ccccc23)cc1CO. The van der Waals surface area contributed by atoms with Crippen LogP contribution in [0.1, 0.15) is 51.6 Å². The van der Waals surface area contributed by atoms with Crippen molar-refractivity contribution in [2.24, 2.45) is 0 Å². The van der Waals surface area contributed by atoms with Crippen molar-refractivity contribution >= 4 is 34.4 Å². The van der Waals surface area contributed by atoms with Crippen LogP contribution in [-0.2, 0) is 17.5 Å². The van der Waals surface area contributed by atoms with Crippen LogP contribution in [-0.4, -0.2) is 33.4 Å². The van der Waals surface area contributed by atoms with Gasteiger partial charge < -0.3 is 9.84 Å². The molecule has 1 aromatic heterocycles. The minimum absolute atomic E-state index is 0.188. The number of aromatic nitrogens is 2. The highest BCUT2D eigenvalue weighted by atomic mass is 35.5. The number of fused-ring (bicyclic) bond motifs is 1. The number of alkyl halides is 3. The normalized spacial score (nSPS) is 11.6. The third kappa shape index (κ3) is 5.23. The van der Waals surface area contributed by atoms with E-state index >= 15 is 0 Å². The summed E-state index contributed by atoms with van der Waals surface area (Å²) >= 11 is 6.05. The molecular weight excluding hydrogens is 509 g/mol. The number of carbonyl (C=O) groups excluding carboxylic acids is 2. The van der Waals surface area contributed by atoms with E-state index < -0.39 is 35.8 Å². The predicted molar refractivity (Wildman–Crippen MR) is 132 cm³/mol. The Hall–Kier alpha value is -3.69. The Morgan fingerprint density at radius 3 is 2.54 bits per heavy atom. The van der Waals surface area contributed by atoms with Crippen LogP contribution in [0.3, 0.4) is 0 Å². The van der Waals surface area contributed by atoms with Gasteiger partial charge in [0, 0.05) is 10.9 Å². The van der Waals surface area contributed by atoms with Crippen LogP contribution >= 0.6 is 11.6 Å². The summed E-state index contributed by atoms with van der Waals surface area (Å²) in [5, 5.41) is 14.4. The number of para-hydroxylation sites is 1. The van der Waals surface area contributed by atoms with Crippen molar-refractivity contribution < 1.29 is 32.6 Å². The van der Waals surface area contributed by atoms with Crippen molar-refractivity contribution in [3.63, 3.8) is 0 Å². The van der Waals surface area contributed by atoms with E-state index in [0.717, 1.165) is 23.2 Å².